The molecule has 0 saturated heterocycles. The van der Waals surface area contributed by atoms with Crippen LogP contribution >= 0.6 is 0 Å². The van der Waals surface area contributed by atoms with Crippen molar-refractivity contribution in [3.05, 3.63) is 12.7 Å². The van der Waals surface area contributed by atoms with Crippen molar-refractivity contribution in [2.45, 2.75) is 6.92 Å². The van der Waals surface area contributed by atoms with Gasteiger partial charge in [0.05, 0.1) is 0 Å². The molecule has 0 fully saturated rings. The van der Waals surface area contributed by atoms with Gasteiger partial charge in [-0.05, 0) is 0 Å². The summed E-state index contributed by atoms with van der Waals surface area (Å²) in [6.45, 7) is 4.37. The molecule has 0 unspecified atom stereocenters. The molecule has 4 nitrogen and oxygen atoms in total. The van der Waals surface area contributed by atoms with Crippen molar-refractivity contribution >= 4 is 11.9 Å². The van der Waals surface area contributed by atoms with Crippen molar-refractivity contribution < 1.29 is 39.5 Å². The van der Waals surface area contributed by atoms with Crippen molar-refractivity contribution in [3.63, 3.8) is 0 Å². The molecule has 0 atom stereocenters. The van der Waals surface area contributed by atoms with E-state index in [4.69, 9.17) is 0 Å². The first-order valence-electron chi connectivity index (χ1n) is 3.06. The van der Waals surface area contributed by atoms with Crippen LogP contribution in [0.3, 0.4) is 0 Å². The summed E-state index contributed by atoms with van der Waals surface area (Å²) in [6, 6.07) is 0. The van der Waals surface area contributed by atoms with E-state index in [1.54, 1.807) is 0 Å². The maximum Gasteiger partial charge on any atom is 0.344 e. The van der Waals surface area contributed by atoms with Gasteiger partial charge < -0.3 is 9.47 Å². The number of hydrogen-bond acceptors (Lipinski definition) is 4. The van der Waals surface area contributed by atoms with E-state index < -0.39 is 11.9 Å². The van der Waals surface area contributed by atoms with E-state index in [9.17, 15) is 9.59 Å². The van der Waals surface area contributed by atoms with Crippen LogP contribution in [0.4, 0.5) is 0 Å². The van der Waals surface area contributed by atoms with Crippen LogP contribution < -0.4 is 0 Å². The third-order valence-electron chi connectivity index (χ3n) is 0.755. The summed E-state index contributed by atoms with van der Waals surface area (Å²) < 4.78 is 8.86. The predicted molar refractivity (Wildman–Crippen MR) is 37.8 cm³/mol. The van der Waals surface area contributed by atoms with Gasteiger partial charge in [-0.25, -0.2) is 4.79 Å². The molecule has 0 heterocycles. The minimum Gasteiger partial charge on any atom is -0.459 e. The monoisotopic (exact) mass is 264 g/mol. The summed E-state index contributed by atoms with van der Waals surface area (Å²) >= 11 is 0. The third-order valence-corrected chi connectivity index (χ3v) is 0.755. The van der Waals surface area contributed by atoms with E-state index >= 15 is 0 Å². The molecule has 0 aliphatic rings. The van der Waals surface area contributed by atoms with Gasteiger partial charge in [0, 0.05) is 27.3 Å². The van der Waals surface area contributed by atoms with Crippen LogP contribution in [-0.2, 0) is 39.5 Å². The Morgan fingerprint density at radius 3 is 2.42 bits per heavy atom. The van der Waals surface area contributed by atoms with Gasteiger partial charge in [0.15, 0.2) is 6.61 Å². The zero-order valence-corrected chi connectivity index (χ0v) is 8.20. The maximum absolute atomic E-state index is 10.6. The van der Waals surface area contributed by atoms with Crippen LogP contribution in [0.2, 0.25) is 0 Å². The van der Waals surface area contributed by atoms with E-state index in [1.807, 2.05) is 0 Å². The Morgan fingerprint density at radius 2 is 2.00 bits per heavy atom. The molecule has 0 N–H and O–H groups in total. The van der Waals surface area contributed by atoms with Gasteiger partial charge >= 0.3 is 11.9 Å². The Bertz CT molecular complexity index is 167. The van der Waals surface area contributed by atoms with E-state index in [1.165, 1.54) is 13.0 Å². The van der Waals surface area contributed by atoms with E-state index in [0.29, 0.717) is 0 Å². The summed E-state index contributed by atoms with van der Waals surface area (Å²) in [5, 5.41) is 0. The SMILES string of the molecule is C=CCOC(=O)COC(C)=O.[Pd]. The molecule has 0 rings (SSSR count). The molecule has 0 spiro atoms. The molecule has 0 saturated carbocycles. The molecule has 0 amide bonds. The summed E-state index contributed by atoms with van der Waals surface area (Å²) in [6.07, 6.45) is 1.44. The fourth-order valence-corrected chi connectivity index (χ4v) is 0.354. The van der Waals surface area contributed by atoms with E-state index in [2.05, 4.69) is 16.1 Å². The van der Waals surface area contributed by atoms with Crippen LogP contribution in [0, 0.1) is 0 Å². The largest absolute Gasteiger partial charge is 0.459 e. The standard InChI is InChI=1S/C7H10O4.Pd/c1-3-4-10-7(9)5-11-6(2)8;/h3H,1,4-5H2,2H3;. The van der Waals surface area contributed by atoms with E-state index in [0.717, 1.165) is 0 Å². The van der Waals surface area contributed by atoms with Gasteiger partial charge in [-0.1, -0.05) is 12.7 Å². The topological polar surface area (TPSA) is 52.6 Å². The van der Waals surface area contributed by atoms with E-state index in [-0.39, 0.29) is 33.6 Å². The van der Waals surface area contributed by atoms with Crippen molar-refractivity contribution in [1.29, 1.82) is 0 Å². The molecular weight excluding hydrogens is 254 g/mol. The molecule has 0 aromatic carbocycles. The molecule has 12 heavy (non-hydrogen) atoms. The summed E-state index contributed by atoms with van der Waals surface area (Å²) in [4.78, 5) is 20.7. The number of hydrogen-bond donors (Lipinski definition) is 0. The maximum atomic E-state index is 10.6. The molecule has 0 bridgehead atoms. The average Bonchev–Trinajstić information content (AvgIpc) is 1.97. The minimum atomic E-state index is -0.569. The van der Waals surface area contributed by atoms with Gasteiger partial charge in [-0.2, -0.15) is 0 Å². The molecule has 0 aromatic rings. The van der Waals surface area contributed by atoms with Crippen LogP contribution in [0.15, 0.2) is 12.7 Å². The second-order valence-corrected chi connectivity index (χ2v) is 1.75. The molecular formula is C7H10O4Pd. The Labute approximate surface area is 84.6 Å². The third kappa shape index (κ3) is 9.34. The van der Waals surface area contributed by atoms with Crippen LogP contribution in [0.5, 0.6) is 0 Å². The quantitative estimate of drug-likeness (QED) is 0.416. The Kier molecular flexibility index (Phi) is 9.78. The van der Waals surface area contributed by atoms with Gasteiger partial charge in [-0.15, -0.1) is 0 Å². The van der Waals surface area contributed by atoms with Crippen LogP contribution in [-0.4, -0.2) is 25.2 Å². The van der Waals surface area contributed by atoms with Crippen LogP contribution in [0.25, 0.3) is 0 Å². The Balaban J connectivity index is 0. The second kappa shape index (κ2) is 8.44. The normalized spacial score (nSPS) is 7.75. The first-order chi connectivity index (χ1) is 5.16. The minimum absolute atomic E-state index is 0. The summed E-state index contributed by atoms with van der Waals surface area (Å²) in [7, 11) is 0. The first kappa shape index (κ1) is 13.9. The van der Waals surface area contributed by atoms with Gasteiger partial charge in [0.2, 0.25) is 0 Å². The fraction of sp³-hybridized carbons (Fsp3) is 0.429. The predicted octanol–water partition coefficient (Wildman–Crippen LogP) is 0.276. The zero-order valence-electron chi connectivity index (χ0n) is 6.65. The number of carbonyl (C=O) groups is 2. The Hall–Kier alpha value is -0.658. The number of ether oxygens (including phenoxy) is 2. The van der Waals surface area contributed by atoms with Crippen molar-refractivity contribution in [1.82, 2.24) is 0 Å². The fourth-order valence-electron chi connectivity index (χ4n) is 0.354. The van der Waals surface area contributed by atoms with Crippen LogP contribution in [0.1, 0.15) is 6.92 Å². The second-order valence-electron chi connectivity index (χ2n) is 1.75. The van der Waals surface area contributed by atoms with Gasteiger partial charge in [0.25, 0.3) is 0 Å². The molecule has 72 valence electrons. The van der Waals surface area contributed by atoms with Crippen molar-refractivity contribution in [2.75, 3.05) is 13.2 Å². The van der Waals surface area contributed by atoms with Crippen molar-refractivity contribution in [2.24, 2.45) is 0 Å². The van der Waals surface area contributed by atoms with Gasteiger partial charge in [-0.3, -0.25) is 4.79 Å². The molecule has 0 aliphatic heterocycles. The Morgan fingerprint density at radius 1 is 1.42 bits per heavy atom. The number of esters is 2. The molecule has 0 radical (unpaired) electrons. The average molecular weight is 265 g/mol. The molecule has 5 heteroatoms. The summed E-state index contributed by atoms with van der Waals surface area (Å²) in [5.74, 6) is -1.07. The number of rotatable bonds is 4. The summed E-state index contributed by atoms with van der Waals surface area (Å²) in [5.41, 5.74) is 0. The molecule has 0 aliphatic carbocycles. The molecule has 0 aromatic heterocycles. The smallest absolute Gasteiger partial charge is 0.344 e. The number of carbonyl (C=O) groups excluding carboxylic acids is 2. The first-order valence-corrected chi connectivity index (χ1v) is 3.06. The zero-order chi connectivity index (χ0) is 8.69. The van der Waals surface area contributed by atoms with Gasteiger partial charge in [0.1, 0.15) is 6.61 Å². The van der Waals surface area contributed by atoms with Crippen molar-refractivity contribution in [3.8, 4) is 0 Å².